The summed E-state index contributed by atoms with van der Waals surface area (Å²) >= 11 is 12.7. The molecule has 0 saturated heterocycles. The summed E-state index contributed by atoms with van der Waals surface area (Å²) < 4.78 is 20.7. The van der Waals surface area contributed by atoms with Gasteiger partial charge in [0.1, 0.15) is 11.6 Å². The lowest BCUT2D eigenvalue weighted by Gasteiger charge is -2.26. The Kier molecular flexibility index (Phi) is 6.63. The van der Waals surface area contributed by atoms with Crippen LogP contribution < -0.4 is 15.4 Å². The highest BCUT2D eigenvalue weighted by atomic mass is 35.5. The summed E-state index contributed by atoms with van der Waals surface area (Å²) in [4.78, 5) is 13.4. The van der Waals surface area contributed by atoms with Crippen molar-refractivity contribution in [2.24, 2.45) is 11.7 Å². The van der Waals surface area contributed by atoms with E-state index in [0.717, 1.165) is 18.4 Å². The maximum atomic E-state index is 14.5. The summed E-state index contributed by atoms with van der Waals surface area (Å²) in [6, 6.07) is 15.0. The van der Waals surface area contributed by atoms with Gasteiger partial charge in [-0.25, -0.2) is 4.39 Å². The number of nitrogens with zero attached hydrogens (tertiary/aromatic N) is 1. The fraction of sp³-hybridized carbons (Fsp3) is 0.192. The zero-order chi connectivity index (χ0) is 23.7. The molecule has 170 valence electrons. The van der Waals surface area contributed by atoms with Gasteiger partial charge in [-0.3, -0.25) is 4.79 Å². The van der Waals surface area contributed by atoms with E-state index < -0.39 is 11.7 Å². The van der Waals surface area contributed by atoms with E-state index in [1.165, 1.54) is 6.07 Å². The molecule has 1 aliphatic rings. The Hall–Kier alpha value is -3.02. The molecule has 0 atom stereocenters. The number of anilines is 1. The van der Waals surface area contributed by atoms with Crippen LogP contribution in [0.3, 0.4) is 0 Å². The smallest absolute Gasteiger partial charge is 0.248 e. The van der Waals surface area contributed by atoms with Crippen molar-refractivity contribution in [3.05, 3.63) is 88.2 Å². The number of nitrogens with two attached hydrogens (primary N) is 1. The minimum absolute atomic E-state index is 0.232. The maximum absolute atomic E-state index is 14.5. The van der Waals surface area contributed by atoms with Crippen LogP contribution in [-0.2, 0) is 0 Å². The molecule has 3 aromatic carbocycles. The molecule has 0 spiro atoms. The third kappa shape index (κ3) is 5.00. The SMILES string of the molecule is C=C(c1c(F)cccc1Cl)N(C)c1ccc(-c2cc(C(N)=O)ccc2Cl)cc1OCC1CC1. The standard InChI is InChI=1S/C26H23Cl2FN2O2/c1-15(25-21(28)4-3-5-22(25)29)31(2)23-11-9-17(13-24(23)33-14-16-6-7-16)19-12-18(26(30)32)8-10-20(19)27/h3-5,8-13,16H,1,6-7,14H2,2H3,(H2,30,32). The van der Waals surface area contributed by atoms with Gasteiger partial charge >= 0.3 is 0 Å². The first-order valence-corrected chi connectivity index (χ1v) is 11.3. The number of carbonyl (C=O) groups excluding carboxylic acids is 1. The van der Waals surface area contributed by atoms with E-state index >= 15 is 0 Å². The Bertz CT molecular complexity index is 1220. The van der Waals surface area contributed by atoms with Crippen LogP contribution in [0.4, 0.5) is 10.1 Å². The number of hydrogen-bond donors (Lipinski definition) is 1. The van der Waals surface area contributed by atoms with Gasteiger partial charge in [-0.15, -0.1) is 0 Å². The van der Waals surface area contributed by atoms with E-state index in [1.54, 1.807) is 42.3 Å². The summed E-state index contributed by atoms with van der Waals surface area (Å²) in [6.45, 7) is 4.65. The van der Waals surface area contributed by atoms with Crippen molar-refractivity contribution in [1.29, 1.82) is 0 Å². The van der Waals surface area contributed by atoms with Crippen molar-refractivity contribution in [3.63, 3.8) is 0 Å². The van der Waals surface area contributed by atoms with Crippen molar-refractivity contribution < 1.29 is 13.9 Å². The third-order valence-corrected chi connectivity index (χ3v) is 6.36. The van der Waals surface area contributed by atoms with Crippen LogP contribution in [0.25, 0.3) is 16.8 Å². The zero-order valence-corrected chi connectivity index (χ0v) is 19.6. The van der Waals surface area contributed by atoms with Crippen molar-refractivity contribution in [2.75, 3.05) is 18.6 Å². The Morgan fingerprint density at radius 2 is 1.91 bits per heavy atom. The number of halogens is 3. The van der Waals surface area contributed by atoms with E-state index in [-0.39, 0.29) is 10.6 Å². The lowest BCUT2D eigenvalue weighted by molar-refractivity contribution is 0.100. The molecular formula is C26H23Cl2FN2O2. The van der Waals surface area contributed by atoms with E-state index in [9.17, 15) is 9.18 Å². The van der Waals surface area contributed by atoms with E-state index in [4.69, 9.17) is 33.7 Å². The average molecular weight is 485 g/mol. The first kappa shape index (κ1) is 23.1. The molecule has 0 heterocycles. The molecule has 1 saturated carbocycles. The van der Waals surface area contributed by atoms with Gasteiger partial charge in [0.05, 0.1) is 22.9 Å². The van der Waals surface area contributed by atoms with Crippen LogP contribution in [0.5, 0.6) is 5.75 Å². The number of ether oxygens (including phenoxy) is 1. The second kappa shape index (κ2) is 9.46. The second-order valence-electron chi connectivity index (χ2n) is 8.10. The van der Waals surface area contributed by atoms with E-state index in [2.05, 4.69) is 6.58 Å². The largest absolute Gasteiger partial charge is 0.491 e. The van der Waals surface area contributed by atoms with Crippen LogP contribution in [0, 0.1) is 11.7 Å². The van der Waals surface area contributed by atoms with Gasteiger partial charge in [-0.2, -0.15) is 0 Å². The number of primary amides is 1. The Morgan fingerprint density at radius 3 is 2.58 bits per heavy atom. The fourth-order valence-electron chi connectivity index (χ4n) is 3.55. The molecule has 7 heteroatoms. The number of rotatable bonds is 8. The summed E-state index contributed by atoms with van der Waals surface area (Å²) in [5.41, 5.74) is 8.56. The molecule has 4 nitrogen and oxygen atoms in total. The fourth-order valence-corrected chi connectivity index (χ4v) is 4.05. The van der Waals surface area contributed by atoms with E-state index in [1.807, 2.05) is 18.2 Å². The predicted octanol–water partition coefficient (Wildman–Crippen LogP) is 6.79. The predicted molar refractivity (Wildman–Crippen MR) is 132 cm³/mol. The highest BCUT2D eigenvalue weighted by Gasteiger charge is 2.24. The lowest BCUT2D eigenvalue weighted by Crippen LogP contribution is -2.17. The molecule has 3 aromatic rings. The molecule has 0 aromatic heterocycles. The molecule has 1 fully saturated rings. The number of hydrogen-bond acceptors (Lipinski definition) is 3. The topological polar surface area (TPSA) is 55.6 Å². The molecule has 0 bridgehead atoms. The molecule has 33 heavy (non-hydrogen) atoms. The quantitative estimate of drug-likeness (QED) is 0.382. The van der Waals surface area contributed by atoms with Crippen molar-refractivity contribution in [1.82, 2.24) is 0 Å². The van der Waals surface area contributed by atoms with Gasteiger partial charge in [0.15, 0.2) is 0 Å². The van der Waals surface area contributed by atoms with Crippen LogP contribution >= 0.6 is 23.2 Å². The Morgan fingerprint density at radius 1 is 1.15 bits per heavy atom. The van der Waals surface area contributed by atoms with Crippen LogP contribution in [0.15, 0.2) is 61.2 Å². The van der Waals surface area contributed by atoms with Gasteiger partial charge < -0.3 is 15.4 Å². The van der Waals surface area contributed by atoms with Gasteiger partial charge in [0.2, 0.25) is 5.91 Å². The Labute approximate surface area is 202 Å². The summed E-state index contributed by atoms with van der Waals surface area (Å²) in [6.07, 6.45) is 2.27. The molecule has 1 aliphatic carbocycles. The summed E-state index contributed by atoms with van der Waals surface area (Å²) in [7, 11) is 1.78. The molecule has 1 amide bonds. The molecule has 0 aliphatic heterocycles. The first-order chi connectivity index (χ1) is 15.8. The highest BCUT2D eigenvalue weighted by Crippen LogP contribution is 2.40. The minimum atomic E-state index is -0.535. The molecular weight excluding hydrogens is 462 g/mol. The molecule has 2 N–H and O–H groups in total. The van der Waals surface area contributed by atoms with Crippen LogP contribution in [0.2, 0.25) is 10.0 Å². The Balaban J connectivity index is 1.75. The van der Waals surface area contributed by atoms with Crippen molar-refractivity contribution in [2.45, 2.75) is 12.8 Å². The number of benzene rings is 3. The van der Waals surface area contributed by atoms with Crippen molar-refractivity contribution in [3.8, 4) is 16.9 Å². The average Bonchev–Trinajstić information content (AvgIpc) is 3.61. The number of amides is 1. The van der Waals surface area contributed by atoms with Gasteiger partial charge in [0, 0.05) is 28.9 Å². The number of carbonyl (C=O) groups is 1. The molecule has 4 rings (SSSR count). The lowest BCUT2D eigenvalue weighted by atomic mass is 10.0. The summed E-state index contributed by atoms with van der Waals surface area (Å²) in [5.74, 6) is 0.132. The molecule has 0 radical (unpaired) electrons. The normalized spacial score (nSPS) is 13.0. The first-order valence-electron chi connectivity index (χ1n) is 10.5. The van der Waals surface area contributed by atoms with Crippen molar-refractivity contribution >= 4 is 40.5 Å². The molecule has 0 unspecified atom stereocenters. The van der Waals surface area contributed by atoms with Crippen LogP contribution in [-0.4, -0.2) is 19.6 Å². The third-order valence-electron chi connectivity index (χ3n) is 5.71. The van der Waals surface area contributed by atoms with Gasteiger partial charge in [0.25, 0.3) is 0 Å². The zero-order valence-electron chi connectivity index (χ0n) is 18.1. The monoisotopic (exact) mass is 484 g/mol. The van der Waals surface area contributed by atoms with E-state index in [0.29, 0.717) is 45.8 Å². The van der Waals surface area contributed by atoms with Gasteiger partial charge in [-0.05, 0) is 66.8 Å². The minimum Gasteiger partial charge on any atom is -0.491 e. The van der Waals surface area contributed by atoms with Crippen LogP contribution in [0.1, 0.15) is 28.8 Å². The second-order valence-corrected chi connectivity index (χ2v) is 8.91. The summed E-state index contributed by atoms with van der Waals surface area (Å²) in [5, 5.41) is 0.760. The van der Waals surface area contributed by atoms with Gasteiger partial charge in [-0.1, -0.05) is 41.9 Å². The highest BCUT2D eigenvalue weighted by molar-refractivity contribution is 6.33. The maximum Gasteiger partial charge on any atom is 0.248 e.